The predicted octanol–water partition coefficient (Wildman–Crippen LogP) is 2.96. The minimum atomic E-state index is 0.589. The van der Waals surface area contributed by atoms with Crippen molar-refractivity contribution in [1.82, 2.24) is 20.0 Å². The molecule has 0 aromatic heterocycles. The van der Waals surface area contributed by atoms with E-state index < -0.39 is 0 Å². The van der Waals surface area contributed by atoms with Crippen molar-refractivity contribution in [3.63, 3.8) is 0 Å². The number of benzene rings is 1. The first-order chi connectivity index (χ1) is 14.1. The standard InChI is InChI=1S/C24H41N5/c1-5-25-24(26-17-20(2)18-28-15-13-27(4)14-16-28)29-12-11-23(21(3)19-29)22-9-7-6-8-10-22/h6-10,20-21,23H,5,11-19H2,1-4H3,(H,25,26). The van der Waals surface area contributed by atoms with Crippen LogP contribution in [0.1, 0.15) is 38.7 Å². The van der Waals surface area contributed by atoms with Crippen molar-refractivity contribution in [3.8, 4) is 0 Å². The van der Waals surface area contributed by atoms with Gasteiger partial charge < -0.3 is 20.0 Å². The van der Waals surface area contributed by atoms with Crippen LogP contribution in [-0.2, 0) is 0 Å². The molecule has 1 aromatic carbocycles. The number of likely N-dealkylation sites (tertiary alicyclic amines) is 1. The summed E-state index contributed by atoms with van der Waals surface area (Å²) in [6.45, 7) is 16.8. The topological polar surface area (TPSA) is 34.1 Å². The van der Waals surface area contributed by atoms with Crippen LogP contribution in [0.25, 0.3) is 0 Å². The van der Waals surface area contributed by atoms with Crippen molar-refractivity contribution < 1.29 is 0 Å². The highest BCUT2D eigenvalue weighted by Gasteiger charge is 2.28. The highest BCUT2D eigenvalue weighted by Crippen LogP contribution is 2.32. The Labute approximate surface area is 178 Å². The summed E-state index contributed by atoms with van der Waals surface area (Å²) in [5, 5.41) is 3.55. The maximum Gasteiger partial charge on any atom is 0.193 e. The second-order valence-electron chi connectivity index (χ2n) is 9.13. The van der Waals surface area contributed by atoms with Gasteiger partial charge in [0.15, 0.2) is 5.96 Å². The number of guanidine groups is 1. The van der Waals surface area contributed by atoms with E-state index in [9.17, 15) is 0 Å². The van der Waals surface area contributed by atoms with Gasteiger partial charge in [0.25, 0.3) is 0 Å². The van der Waals surface area contributed by atoms with Gasteiger partial charge in [-0.3, -0.25) is 4.99 Å². The molecule has 0 saturated carbocycles. The number of nitrogens with one attached hydrogen (secondary N) is 1. The molecule has 3 unspecified atom stereocenters. The molecule has 5 heteroatoms. The quantitative estimate of drug-likeness (QED) is 0.589. The Hall–Kier alpha value is -1.59. The molecule has 1 aromatic rings. The summed E-state index contributed by atoms with van der Waals surface area (Å²) in [6.07, 6.45) is 1.20. The minimum Gasteiger partial charge on any atom is -0.357 e. The van der Waals surface area contributed by atoms with Crippen molar-refractivity contribution >= 4 is 5.96 Å². The Bertz CT molecular complexity index is 623. The molecule has 2 heterocycles. The molecule has 0 spiro atoms. The van der Waals surface area contributed by atoms with Gasteiger partial charge in [0.05, 0.1) is 0 Å². The van der Waals surface area contributed by atoms with Gasteiger partial charge in [-0.2, -0.15) is 0 Å². The highest BCUT2D eigenvalue weighted by molar-refractivity contribution is 5.80. The lowest BCUT2D eigenvalue weighted by Crippen LogP contribution is -2.48. The number of likely N-dealkylation sites (N-methyl/N-ethyl adjacent to an activating group) is 1. The van der Waals surface area contributed by atoms with E-state index in [4.69, 9.17) is 4.99 Å². The summed E-state index contributed by atoms with van der Waals surface area (Å²) in [7, 11) is 2.22. The molecular formula is C24H41N5. The summed E-state index contributed by atoms with van der Waals surface area (Å²) >= 11 is 0. The number of hydrogen-bond acceptors (Lipinski definition) is 3. The van der Waals surface area contributed by atoms with E-state index in [0.29, 0.717) is 17.8 Å². The molecule has 0 radical (unpaired) electrons. The Morgan fingerprint density at radius 2 is 1.86 bits per heavy atom. The lowest BCUT2D eigenvalue weighted by molar-refractivity contribution is 0.140. The smallest absolute Gasteiger partial charge is 0.193 e. The molecule has 29 heavy (non-hydrogen) atoms. The lowest BCUT2D eigenvalue weighted by atomic mass is 9.82. The first-order valence-electron chi connectivity index (χ1n) is 11.6. The second kappa shape index (κ2) is 11.0. The lowest BCUT2D eigenvalue weighted by Gasteiger charge is -2.39. The number of hydrogen-bond donors (Lipinski definition) is 1. The molecule has 0 aliphatic carbocycles. The second-order valence-corrected chi connectivity index (χ2v) is 9.13. The maximum absolute atomic E-state index is 5.04. The first kappa shape index (κ1) is 22.1. The molecule has 2 saturated heterocycles. The zero-order valence-electron chi connectivity index (χ0n) is 19.0. The fourth-order valence-corrected chi connectivity index (χ4v) is 4.73. The third kappa shape index (κ3) is 6.45. The van der Waals surface area contributed by atoms with Crippen molar-refractivity contribution in [2.45, 2.75) is 33.1 Å². The molecule has 3 rings (SSSR count). The summed E-state index contributed by atoms with van der Waals surface area (Å²) in [4.78, 5) is 12.5. The van der Waals surface area contributed by atoms with Crippen molar-refractivity contribution in [2.75, 3.05) is 66.0 Å². The number of aliphatic imine (C=N–C) groups is 1. The van der Waals surface area contributed by atoms with Crippen LogP contribution in [-0.4, -0.2) is 86.6 Å². The van der Waals surface area contributed by atoms with Crippen LogP contribution in [0.15, 0.2) is 35.3 Å². The van der Waals surface area contributed by atoms with E-state index in [1.165, 1.54) is 38.2 Å². The van der Waals surface area contributed by atoms with E-state index in [-0.39, 0.29) is 0 Å². The fraction of sp³-hybridized carbons (Fsp3) is 0.708. The third-order valence-electron chi connectivity index (χ3n) is 6.49. The minimum absolute atomic E-state index is 0.589. The zero-order chi connectivity index (χ0) is 20.6. The van der Waals surface area contributed by atoms with E-state index in [1.807, 2.05) is 0 Å². The highest BCUT2D eigenvalue weighted by atomic mass is 15.3. The van der Waals surface area contributed by atoms with Crippen LogP contribution in [0.2, 0.25) is 0 Å². The number of nitrogens with zero attached hydrogens (tertiary/aromatic N) is 4. The average molecular weight is 400 g/mol. The Balaban J connectivity index is 1.53. The largest absolute Gasteiger partial charge is 0.357 e. The van der Waals surface area contributed by atoms with E-state index >= 15 is 0 Å². The molecule has 2 aliphatic rings. The number of piperazine rings is 1. The van der Waals surface area contributed by atoms with Crippen molar-refractivity contribution in [3.05, 3.63) is 35.9 Å². The van der Waals surface area contributed by atoms with Crippen LogP contribution < -0.4 is 5.32 Å². The monoisotopic (exact) mass is 399 g/mol. The normalized spacial score (nSPS) is 25.8. The molecule has 2 aliphatic heterocycles. The molecule has 2 fully saturated rings. The SMILES string of the molecule is CCNC(=NCC(C)CN1CCN(C)CC1)N1CCC(c2ccccc2)C(C)C1. The van der Waals surface area contributed by atoms with Gasteiger partial charge in [-0.05, 0) is 43.7 Å². The molecule has 0 amide bonds. The molecule has 5 nitrogen and oxygen atoms in total. The van der Waals surface area contributed by atoms with Gasteiger partial charge in [-0.1, -0.05) is 44.2 Å². The summed E-state index contributed by atoms with van der Waals surface area (Å²) < 4.78 is 0. The summed E-state index contributed by atoms with van der Waals surface area (Å²) in [5.41, 5.74) is 1.49. The molecular weight excluding hydrogens is 358 g/mol. The Kier molecular flexibility index (Phi) is 8.37. The van der Waals surface area contributed by atoms with Gasteiger partial charge in [-0.15, -0.1) is 0 Å². The maximum atomic E-state index is 5.04. The summed E-state index contributed by atoms with van der Waals surface area (Å²) in [6, 6.07) is 11.0. The van der Waals surface area contributed by atoms with Crippen LogP contribution in [0.3, 0.4) is 0 Å². The van der Waals surface area contributed by atoms with Gasteiger partial charge in [-0.25, -0.2) is 0 Å². The van der Waals surface area contributed by atoms with E-state index in [0.717, 1.165) is 38.7 Å². The molecule has 3 atom stereocenters. The average Bonchev–Trinajstić information content (AvgIpc) is 2.73. The number of rotatable bonds is 6. The van der Waals surface area contributed by atoms with Gasteiger partial charge >= 0.3 is 0 Å². The Morgan fingerprint density at radius 3 is 2.52 bits per heavy atom. The van der Waals surface area contributed by atoms with Crippen LogP contribution >= 0.6 is 0 Å². The van der Waals surface area contributed by atoms with E-state index in [2.05, 4.69) is 78.2 Å². The van der Waals surface area contributed by atoms with Crippen molar-refractivity contribution in [1.29, 1.82) is 0 Å². The van der Waals surface area contributed by atoms with Crippen LogP contribution in [0.5, 0.6) is 0 Å². The predicted molar refractivity (Wildman–Crippen MR) is 124 cm³/mol. The summed E-state index contributed by atoms with van der Waals surface area (Å²) in [5.74, 6) is 2.99. The van der Waals surface area contributed by atoms with Crippen molar-refractivity contribution in [2.24, 2.45) is 16.8 Å². The van der Waals surface area contributed by atoms with Crippen LogP contribution in [0.4, 0.5) is 0 Å². The van der Waals surface area contributed by atoms with Crippen LogP contribution in [0, 0.1) is 11.8 Å². The number of piperidine rings is 1. The van der Waals surface area contributed by atoms with Gasteiger partial charge in [0.2, 0.25) is 0 Å². The Morgan fingerprint density at radius 1 is 1.14 bits per heavy atom. The molecule has 162 valence electrons. The fourth-order valence-electron chi connectivity index (χ4n) is 4.73. The van der Waals surface area contributed by atoms with Gasteiger partial charge in [0.1, 0.15) is 0 Å². The molecule has 1 N–H and O–H groups in total. The van der Waals surface area contributed by atoms with E-state index in [1.54, 1.807) is 0 Å². The third-order valence-corrected chi connectivity index (χ3v) is 6.49. The van der Waals surface area contributed by atoms with Gasteiger partial charge in [0, 0.05) is 58.9 Å². The molecule has 0 bridgehead atoms. The first-order valence-corrected chi connectivity index (χ1v) is 11.6. The zero-order valence-corrected chi connectivity index (χ0v) is 19.0.